The number of fused-ring (bicyclic) bond motifs is 1. The summed E-state index contributed by atoms with van der Waals surface area (Å²) in [4.78, 5) is 14.7. The Bertz CT molecular complexity index is 1220. The Hall–Kier alpha value is -2.48. The minimum atomic E-state index is -3.95. The van der Waals surface area contributed by atoms with Crippen molar-refractivity contribution >= 4 is 37.5 Å². The number of carbonyl (C=O) groups is 1. The van der Waals surface area contributed by atoms with Crippen LogP contribution in [0.3, 0.4) is 0 Å². The average Bonchev–Trinajstić information content (AvgIpc) is 3.57. The van der Waals surface area contributed by atoms with Crippen molar-refractivity contribution in [2.24, 2.45) is 5.92 Å². The largest absolute Gasteiger partial charge is 0.310 e. The van der Waals surface area contributed by atoms with E-state index < -0.39 is 16.1 Å². The van der Waals surface area contributed by atoms with Crippen LogP contribution in [-0.4, -0.2) is 20.9 Å². The van der Waals surface area contributed by atoms with E-state index in [0.717, 1.165) is 29.5 Å². The standard InChI is InChI=1S/C25H23BrN2O3S/c26-21-15-20-13-14-28(25(29)19-11-12-19)24(20)22(16-21)32(30,31)27-23(17-7-3-1-4-8-17)18-9-5-2-6-10-18/h1-10,15-16,19,23,27H,11-14H2. The maximum Gasteiger partial charge on any atom is 0.243 e. The molecule has 5 nitrogen and oxygen atoms in total. The molecule has 1 aliphatic heterocycles. The molecule has 7 heteroatoms. The molecule has 0 bridgehead atoms. The van der Waals surface area contributed by atoms with Crippen molar-refractivity contribution < 1.29 is 13.2 Å². The molecule has 0 saturated heterocycles. The second kappa shape index (κ2) is 8.46. The van der Waals surface area contributed by atoms with E-state index in [1.807, 2.05) is 66.7 Å². The third-order valence-corrected chi connectivity index (χ3v) is 7.91. The van der Waals surface area contributed by atoms with Gasteiger partial charge in [0.25, 0.3) is 0 Å². The zero-order valence-electron chi connectivity index (χ0n) is 17.4. The van der Waals surface area contributed by atoms with Gasteiger partial charge in [-0.05, 0) is 48.1 Å². The van der Waals surface area contributed by atoms with Crippen molar-refractivity contribution in [3.8, 4) is 0 Å². The number of benzene rings is 3. The van der Waals surface area contributed by atoms with Crippen molar-refractivity contribution in [2.45, 2.75) is 30.2 Å². The summed E-state index contributed by atoms with van der Waals surface area (Å²) in [6.45, 7) is 0.518. The van der Waals surface area contributed by atoms with Crippen LogP contribution in [0.15, 0.2) is 82.2 Å². The van der Waals surface area contributed by atoms with E-state index >= 15 is 0 Å². The molecule has 1 saturated carbocycles. The number of nitrogens with one attached hydrogen (secondary N) is 1. The minimum absolute atomic E-state index is 0.0227. The van der Waals surface area contributed by atoms with E-state index in [-0.39, 0.29) is 16.7 Å². The number of nitrogens with zero attached hydrogens (tertiary/aromatic N) is 1. The molecule has 3 aromatic rings. The highest BCUT2D eigenvalue weighted by Crippen LogP contribution is 2.41. The lowest BCUT2D eigenvalue weighted by Crippen LogP contribution is -2.34. The van der Waals surface area contributed by atoms with E-state index in [1.54, 1.807) is 11.0 Å². The number of hydrogen-bond donors (Lipinski definition) is 1. The van der Waals surface area contributed by atoms with Gasteiger partial charge in [0.15, 0.2) is 0 Å². The Labute approximate surface area is 196 Å². The maximum absolute atomic E-state index is 13.8. The molecule has 3 aromatic carbocycles. The Morgan fingerprint density at radius 3 is 2.12 bits per heavy atom. The van der Waals surface area contributed by atoms with E-state index in [1.165, 1.54) is 0 Å². The smallest absolute Gasteiger partial charge is 0.243 e. The summed E-state index contributed by atoms with van der Waals surface area (Å²) >= 11 is 3.47. The molecule has 0 atom stereocenters. The third kappa shape index (κ3) is 4.12. The maximum atomic E-state index is 13.8. The molecule has 164 valence electrons. The van der Waals surface area contributed by atoms with Crippen molar-refractivity contribution in [1.82, 2.24) is 4.72 Å². The zero-order chi connectivity index (χ0) is 22.3. The fourth-order valence-corrected chi connectivity index (χ4v) is 6.43. The second-order valence-electron chi connectivity index (χ2n) is 8.30. The van der Waals surface area contributed by atoms with Crippen LogP contribution in [0.2, 0.25) is 0 Å². The zero-order valence-corrected chi connectivity index (χ0v) is 19.8. The SMILES string of the molecule is O=C(C1CC1)N1CCc2cc(Br)cc(S(=O)(=O)NC(c3ccccc3)c3ccccc3)c21. The summed E-state index contributed by atoms with van der Waals surface area (Å²) in [6.07, 6.45) is 2.41. The van der Waals surface area contributed by atoms with E-state index in [2.05, 4.69) is 20.7 Å². The van der Waals surface area contributed by atoms with Crippen LogP contribution in [0, 0.1) is 5.92 Å². The first-order valence-corrected chi connectivity index (χ1v) is 13.0. The van der Waals surface area contributed by atoms with Gasteiger partial charge >= 0.3 is 0 Å². The molecule has 1 heterocycles. The highest BCUT2D eigenvalue weighted by Gasteiger charge is 2.39. The van der Waals surface area contributed by atoms with Crippen LogP contribution in [0.25, 0.3) is 0 Å². The molecular formula is C25H23BrN2O3S. The predicted octanol–water partition coefficient (Wildman–Crippen LogP) is 4.82. The molecule has 0 aromatic heterocycles. The van der Waals surface area contributed by atoms with Gasteiger partial charge in [-0.25, -0.2) is 8.42 Å². The van der Waals surface area contributed by atoms with E-state index in [0.29, 0.717) is 23.1 Å². The van der Waals surface area contributed by atoms with Crippen molar-refractivity contribution in [3.63, 3.8) is 0 Å². The number of rotatable bonds is 6. The summed E-state index contributed by atoms with van der Waals surface area (Å²) in [7, 11) is -3.95. The van der Waals surface area contributed by atoms with Gasteiger partial charge in [0.05, 0.1) is 11.7 Å². The number of hydrogen-bond acceptors (Lipinski definition) is 3. The lowest BCUT2D eigenvalue weighted by Gasteiger charge is -2.24. The van der Waals surface area contributed by atoms with Crippen LogP contribution in [0.4, 0.5) is 5.69 Å². The third-order valence-electron chi connectivity index (χ3n) is 6.01. The highest BCUT2D eigenvalue weighted by molar-refractivity contribution is 9.10. The Morgan fingerprint density at radius 2 is 1.56 bits per heavy atom. The lowest BCUT2D eigenvalue weighted by atomic mass is 10.00. The van der Waals surface area contributed by atoms with Gasteiger partial charge < -0.3 is 4.90 Å². The number of amides is 1. The Kier molecular flexibility index (Phi) is 5.65. The molecule has 2 aliphatic rings. The van der Waals surface area contributed by atoms with Crippen LogP contribution >= 0.6 is 15.9 Å². The Balaban J connectivity index is 1.58. The first-order chi connectivity index (χ1) is 15.4. The molecule has 0 unspecified atom stereocenters. The summed E-state index contributed by atoms with van der Waals surface area (Å²) in [5.74, 6) is 0.0553. The van der Waals surface area contributed by atoms with Gasteiger partial charge in [0.2, 0.25) is 15.9 Å². The quantitative estimate of drug-likeness (QED) is 0.517. The van der Waals surface area contributed by atoms with Gasteiger partial charge in [-0.15, -0.1) is 0 Å². The first-order valence-electron chi connectivity index (χ1n) is 10.7. The van der Waals surface area contributed by atoms with Crippen LogP contribution in [0.1, 0.15) is 35.6 Å². The van der Waals surface area contributed by atoms with Gasteiger partial charge in [-0.2, -0.15) is 4.72 Å². The van der Waals surface area contributed by atoms with Crippen molar-refractivity contribution in [2.75, 3.05) is 11.4 Å². The molecule has 32 heavy (non-hydrogen) atoms. The lowest BCUT2D eigenvalue weighted by molar-refractivity contribution is -0.119. The fraction of sp³-hybridized carbons (Fsp3) is 0.240. The van der Waals surface area contributed by atoms with Gasteiger partial charge in [0.1, 0.15) is 4.90 Å². The molecule has 1 fully saturated rings. The highest BCUT2D eigenvalue weighted by atomic mass is 79.9. The van der Waals surface area contributed by atoms with Crippen LogP contribution in [0.5, 0.6) is 0 Å². The number of halogens is 1. The normalized spacial score (nSPS) is 15.8. The molecule has 0 spiro atoms. The predicted molar refractivity (Wildman–Crippen MR) is 128 cm³/mol. The second-order valence-corrected chi connectivity index (χ2v) is 10.9. The number of sulfonamides is 1. The first kappa shape index (κ1) is 21.4. The van der Waals surface area contributed by atoms with E-state index in [4.69, 9.17) is 0 Å². The topological polar surface area (TPSA) is 66.5 Å². The van der Waals surface area contributed by atoms with E-state index in [9.17, 15) is 13.2 Å². The number of carbonyl (C=O) groups excluding carboxylic acids is 1. The summed E-state index contributed by atoms with van der Waals surface area (Å²) in [5, 5.41) is 0. The molecular weight excluding hydrogens is 488 g/mol. The number of anilines is 1. The van der Waals surface area contributed by atoms with Crippen molar-refractivity contribution in [3.05, 3.63) is 94.0 Å². The van der Waals surface area contributed by atoms with Gasteiger partial charge in [-0.1, -0.05) is 76.6 Å². The summed E-state index contributed by atoms with van der Waals surface area (Å²) in [6, 6.07) is 22.0. The summed E-state index contributed by atoms with van der Waals surface area (Å²) in [5.41, 5.74) is 3.10. The fourth-order valence-electron chi connectivity index (χ4n) is 4.28. The average molecular weight is 511 g/mol. The Morgan fingerprint density at radius 1 is 0.969 bits per heavy atom. The molecule has 0 radical (unpaired) electrons. The van der Waals surface area contributed by atoms with Gasteiger partial charge in [-0.3, -0.25) is 4.79 Å². The van der Waals surface area contributed by atoms with Crippen LogP contribution in [-0.2, 0) is 21.2 Å². The molecule has 1 aliphatic carbocycles. The van der Waals surface area contributed by atoms with Crippen molar-refractivity contribution in [1.29, 1.82) is 0 Å². The monoisotopic (exact) mass is 510 g/mol. The summed E-state index contributed by atoms with van der Waals surface area (Å²) < 4.78 is 31.2. The minimum Gasteiger partial charge on any atom is -0.310 e. The van der Waals surface area contributed by atoms with Gasteiger partial charge in [0, 0.05) is 16.9 Å². The molecule has 5 rings (SSSR count). The molecule has 1 amide bonds. The van der Waals surface area contributed by atoms with Crippen LogP contribution < -0.4 is 9.62 Å². The molecule has 1 N–H and O–H groups in total.